The largest absolute Gasteiger partial charge is 0.493 e. The molecule has 0 unspecified atom stereocenters. The predicted molar refractivity (Wildman–Crippen MR) is 118 cm³/mol. The van der Waals surface area contributed by atoms with Crippen LogP contribution in [0.25, 0.3) is 11.1 Å². The van der Waals surface area contributed by atoms with Crippen LogP contribution in [0.1, 0.15) is 13.8 Å². The predicted octanol–water partition coefficient (Wildman–Crippen LogP) is 4.00. The van der Waals surface area contributed by atoms with Crippen LogP contribution in [0.15, 0.2) is 65.6 Å². The van der Waals surface area contributed by atoms with Crippen LogP contribution in [0.4, 0.5) is 5.69 Å². The Bertz CT molecular complexity index is 1190. The first-order valence-corrected chi connectivity index (χ1v) is 11.2. The maximum atomic E-state index is 12.1. The van der Waals surface area contributed by atoms with Crippen LogP contribution in [-0.2, 0) is 17.1 Å². The van der Waals surface area contributed by atoms with Crippen LogP contribution in [-0.4, -0.2) is 25.3 Å². The Kier molecular flexibility index (Phi) is 6.47. The molecule has 3 rings (SSSR count). The van der Waals surface area contributed by atoms with Crippen LogP contribution >= 0.6 is 0 Å². The summed E-state index contributed by atoms with van der Waals surface area (Å²) < 4.78 is 39.8. The fourth-order valence-corrected chi connectivity index (χ4v) is 3.48. The summed E-state index contributed by atoms with van der Waals surface area (Å²) in [6.07, 6.45) is 1.65. The van der Waals surface area contributed by atoms with Crippen molar-refractivity contribution in [2.45, 2.75) is 13.8 Å². The number of aryl methyl sites for hydroxylation is 1. The molecule has 2 aromatic carbocycles. The lowest BCUT2D eigenvalue weighted by molar-refractivity contribution is 0.340. The molecule has 158 valence electrons. The van der Waals surface area contributed by atoms with Gasteiger partial charge in [-0.05, 0) is 44.2 Å². The average Bonchev–Trinajstić information content (AvgIpc) is 2.72. The lowest BCUT2D eigenvalue weighted by Gasteiger charge is -2.17. The molecule has 0 atom stereocenters. The number of sulfonamides is 1. The summed E-state index contributed by atoms with van der Waals surface area (Å²) in [6.45, 7) is 3.77. The molecule has 7 nitrogen and oxygen atoms in total. The van der Waals surface area contributed by atoms with Crippen LogP contribution < -0.4 is 19.8 Å². The maximum Gasteiger partial charge on any atom is 0.254 e. The first-order chi connectivity index (χ1) is 14.3. The molecule has 0 bridgehead atoms. The molecule has 0 aliphatic carbocycles. The fourth-order valence-electron chi connectivity index (χ4n) is 2.85. The van der Waals surface area contributed by atoms with Crippen molar-refractivity contribution in [1.29, 1.82) is 0 Å². The zero-order valence-electron chi connectivity index (χ0n) is 17.1. The van der Waals surface area contributed by atoms with Crippen molar-refractivity contribution in [2.75, 3.05) is 17.1 Å². The number of aromatic nitrogens is 1. The van der Waals surface area contributed by atoms with E-state index in [4.69, 9.17) is 9.47 Å². The van der Waals surface area contributed by atoms with Gasteiger partial charge in [0.05, 0.1) is 12.4 Å². The molecule has 0 spiro atoms. The van der Waals surface area contributed by atoms with Crippen LogP contribution in [0, 0.1) is 0 Å². The van der Waals surface area contributed by atoms with Gasteiger partial charge in [-0.25, -0.2) is 8.42 Å². The molecule has 0 aliphatic heterocycles. The van der Waals surface area contributed by atoms with Gasteiger partial charge in [-0.3, -0.25) is 9.52 Å². The van der Waals surface area contributed by atoms with Gasteiger partial charge in [-0.1, -0.05) is 18.2 Å². The van der Waals surface area contributed by atoms with E-state index >= 15 is 0 Å². The zero-order chi connectivity index (χ0) is 21.7. The SMILES string of the molecule is CCOc1cc(=O)n(C)cc1-c1cc(NS(=O)(=O)CC)ccc1Oc1ccccc1. The molecule has 0 radical (unpaired) electrons. The Morgan fingerprint density at radius 1 is 0.967 bits per heavy atom. The minimum Gasteiger partial charge on any atom is -0.493 e. The second-order valence-corrected chi connectivity index (χ2v) is 8.58. The molecule has 0 amide bonds. The smallest absolute Gasteiger partial charge is 0.254 e. The van der Waals surface area contributed by atoms with Gasteiger partial charge >= 0.3 is 0 Å². The number of anilines is 1. The highest BCUT2D eigenvalue weighted by Gasteiger charge is 2.17. The number of hydrogen-bond acceptors (Lipinski definition) is 5. The lowest BCUT2D eigenvalue weighted by atomic mass is 10.0. The summed E-state index contributed by atoms with van der Waals surface area (Å²) in [6, 6.07) is 15.7. The zero-order valence-corrected chi connectivity index (χ0v) is 17.9. The topological polar surface area (TPSA) is 86.6 Å². The normalized spacial score (nSPS) is 11.2. The van der Waals surface area contributed by atoms with Gasteiger partial charge in [0.25, 0.3) is 5.56 Å². The third kappa shape index (κ3) is 5.01. The van der Waals surface area contributed by atoms with Crippen molar-refractivity contribution in [1.82, 2.24) is 4.57 Å². The summed E-state index contributed by atoms with van der Waals surface area (Å²) >= 11 is 0. The summed E-state index contributed by atoms with van der Waals surface area (Å²) in [5, 5.41) is 0. The van der Waals surface area contributed by atoms with Gasteiger partial charge in [0.1, 0.15) is 17.2 Å². The van der Waals surface area contributed by atoms with E-state index in [0.29, 0.717) is 40.7 Å². The monoisotopic (exact) mass is 428 g/mol. The second-order valence-electron chi connectivity index (χ2n) is 6.57. The number of hydrogen-bond donors (Lipinski definition) is 1. The third-order valence-electron chi connectivity index (χ3n) is 4.38. The van der Waals surface area contributed by atoms with Crippen LogP contribution in [0.2, 0.25) is 0 Å². The molecule has 8 heteroatoms. The molecule has 0 fully saturated rings. The minimum absolute atomic E-state index is 0.0470. The highest BCUT2D eigenvalue weighted by Crippen LogP contribution is 2.39. The second kappa shape index (κ2) is 9.04. The Labute approximate surface area is 175 Å². The lowest BCUT2D eigenvalue weighted by Crippen LogP contribution is -2.16. The number of para-hydroxylation sites is 1. The number of nitrogens with one attached hydrogen (secondary N) is 1. The van der Waals surface area contributed by atoms with E-state index in [1.807, 2.05) is 37.3 Å². The maximum absolute atomic E-state index is 12.1. The van der Waals surface area contributed by atoms with Crippen molar-refractivity contribution in [2.24, 2.45) is 7.05 Å². The van der Waals surface area contributed by atoms with E-state index < -0.39 is 10.0 Å². The standard InChI is InChI=1S/C22H24N2O5S/c1-4-28-21-14-22(25)24(3)15-19(21)18-13-16(23-30(26,27)5-2)11-12-20(18)29-17-9-7-6-8-10-17/h6-15,23H,4-5H2,1-3H3. The third-order valence-corrected chi connectivity index (χ3v) is 5.69. The van der Waals surface area contributed by atoms with E-state index in [-0.39, 0.29) is 11.3 Å². The number of benzene rings is 2. The van der Waals surface area contributed by atoms with Gasteiger partial charge in [0.15, 0.2) is 0 Å². The van der Waals surface area contributed by atoms with Crippen molar-refractivity contribution in [3.63, 3.8) is 0 Å². The Hall–Kier alpha value is -3.26. The number of rotatable bonds is 8. The van der Waals surface area contributed by atoms with E-state index in [2.05, 4.69) is 4.72 Å². The molecule has 0 saturated carbocycles. The molecule has 1 N–H and O–H groups in total. The van der Waals surface area contributed by atoms with E-state index in [1.54, 1.807) is 38.4 Å². The molecular weight excluding hydrogens is 404 g/mol. The number of nitrogens with zero attached hydrogens (tertiary/aromatic N) is 1. The summed E-state index contributed by atoms with van der Waals surface area (Å²) in [7, 11) is -1.81. The summed E-state index contributed by atoms with van der Waals surface area (Å²) in [5.74, 6) is 1.48. The highest BCUT2D eigenvalue weighted by atomic mass is 32.2. The molecule has 3 aromatic rings. The Balaban J connectivity index is 2.18. The minimum atomic E-state index is -3.46. The molecule has 30 heavy (non-hydrogen) atoms. The molecule has 0 aliphatic rings. The van der Waals surface area contributed by atoms with Crippen molar-refractivity contribution < 1.29 is 17.9 Å². The van der Waals surface area contributed by atoms with Crippen molar-refractivity contribution >= 4 is 15.7 Å². The van der Waals surface area contributed by atoms with Crippen LogP contribution in [0.5, 0.6) is 17.2 Å². The quantitative estimate of drug-likeness (QED) is 0.586. The Morgan fingerprint density at radius 3 is 2.37 bits per heavy atom. The first-order valence-electron chi connectivity index (χ1n) is 9.54. The average molecular weight is 429 g/mol. The number of ether oxygens (including phenoxy) is 2. The molecule has 1 heterocycles. The molecule has 0 saturated heterocycles. The summed E-state index contributed by atoms with van der Waals surface area (Å²) in [5.41, 5.74) is 1.38. The first kappa shape index (κ1) is 21.4. The fraction of sp³-hybridized carbons (Fsp3) is 0.227. The summed E-state index contributed by atoms with van der Waals surface area (Å²) in [4.78, 5) is 12.1. The van der Waals surface area contributed by atoms with E-state index in [0.717, 1.165) is 0 Å². The van der Waals surface area contributed by atoms with E-state index in [1.165, 1.54) is 10.6 Å². The molecular formula is C22H24N2O5S. The van der Waals surface area contributed by atoms with Gasteiger partial charge in [-0.15, -0.1) is 0 Å². The molecule has 1 aromatic heterocycles. The van der Waals surface area contributed by atoms with Gasteiger partial charge in [0, 0.05) is 36.1 Å². The van der Waals surface area contributed by atoms with Gasteiger partial charge in [-0.2, -0.15) is 0 Å². The number of pyridine rings is 1. The van der Waals surface area contributed by atoms with E-state index in [9.17, 15) is 13.2 Å². The van der Waals surface area contributed by atoms with Crippen molar-refractivity contribution in [3.05, 3.63) is 71.1 Å². The van der Waals surface area contributed by atoms with Gasteiger partial charge in [0.2, 0.25) is 10.0 Å². The van der Waals surface area contributed by atoms with Crippen molar-refractivity contribution in [3.8, 4) is 28.4 Å². The van der Waals surface area contributed by atoms with Crippen LogP contribution in [0.3, 0.4) is 0 Å². The van der Waals surface area contributed by atoms with Gasteiger partial charge < -0.3 is 14.0 Å². The highest BCUT2D eigenvalue weighted by molar-refractivity contribution is 7.92. The Morgan fingerprint density at radius 2 is 1.70 bits per heavy atom.